The van der Waals surface area contributed by atoms with Gasteiger partial charge in [-0.15, -0.1) is 0 Å². The van der Waals surface area contributed by atoms with Crippen molar-refractivity contribution < 1.29 is 4.74 Å². The van der Waals surface area contributed by atoms with Crippen LogP contribution in [0.4, 0.5) is 17.6 Å². The van der Waals surface area contributed by atoms with E-state index in [0.29, 0.717) is 23.8 Å². The quantitative estimate of drug-likeness (QED) is 0.622. The van der Waals surface area contributed by atoms with Crippen molar-refractivity contribution in [2.24, 2.45) is 5.84 Å². The minimum Gasteiger partial charge on any atom is -0.464 e. The van der Waals surface area contributed by atoms with Crippen LogP contribution < -0.4 is 20.9 Å². The Kier molecular flexibility index (Phi) is 4.48. The highest BCUT2D eigenvalue weighted by molar-refractivity contribution is 5.65. The lowest BCUT2D eigenvalue weighted by molar-refractivity contribution is 0.312. The molecule has 0 radical (unpaired) electrons. The van der Waals surface area contributed by atoms with Crippen molar-refractivity contribution in [3.05, 3.63) is 29.8 Å². The van der Waals surface area contributed by atoms with Gasteiger partial charge in [0.25, 0.3) is 0 Å². The molecular weight excluding hydrogens is 270 g/mol. The third kappa shape index (κ3) is 3.16. The number of nitrogens with zero attached hydrogens (tertiary/aromatic N) is 5. The average Bonchev–Trinajstić information content (AvgIpc) is 2.54. The third-order valence-corrected chi connectivity index (χ3v) is 2.69. The van der Waals surface area contributed by atoms with E-state index in [1.54, 1.807) is 30.1 Å². The maximum Gasteiger partial charge on any atom is 0.323 e. The van der Waals surface area contributed by atoms with E-state index in [9.17, 15) is 0 Å². The van der Waals surface area contributed by atoms with E-state index in [1.807, 2.05) is 13.0 Å². The Labute approximate surface area is 122 Å². The molecule has 0 unspecified atom stereocenters. The molecule has 1 aromatic carbocycles. The fraction of sp³-hybridized carbons (Fsp3) is 0.231. The second-order valence-corrected chi connectivity index (χ2v) is 4.01. The molecule has 0 fully saturated rings. The second kappa shape index (κ2) is 6.49. The molecule has 0 saturated heterocycles. The minimum absolute atomic E-state index is 0.164. The molecular formula is C13H15N7O. The van der Waals surface area contributed by atoms with Gasteiger partial charge in [0, 0.05) is 7.05 Å². The molecule has 2 rings (SSSR count). The molecule has 0 aliphatic heterocycles. The van der Waals surface area contributed by atoms with E-state index in [2.05, 4.69) is 26.4 Å². The third-order valence-electron chi connectivity index (χ3n) is 2.69. The van der Waals surface area contributed by atoms with Crippen molar-refractivity contribution in [2.45, 2.75) is 6.92 Å². The van der Waals surface area contributed by atoms with Crippen LogP contribution in [0.25, 0.3) is 0 Å². The highest BCUT2D eigenvalue weighted by Crippen LogP contribution is 2.25. The van der Waals surface area contributed by atoms with E-state index in [1.165, 1.54) is 0 Å². The summed E-state index contributed by atoms with van der Waals surface area (Å²) < 4.78 is 5.28. The summed E-state index contributed by atoms with van der Waals surface area (Å²) in [5.41, 5.74) is 3.56. The van der Waals surface area contributed by atoms with E-state index in [-0.39, 0.29) is 12.0 Å². The van der Waals surface area contributed by atoms with Gasteiger partial charge in [-0.3, -0.25) is 5.43 Å². The van der Waals surface area contributed by atoms with Gasteiger partial charge in [0.05, 0.1) is 17.9 Å². The maximum absolute atomic E-state index is 9.17. The molecule has 0 spiro atoms. The molecule has 3 N–H and O–H groups in total. The second-order valence-electron chi connectivity index (χ2n) is 4.01. The summed E-state index contributed by atoms with van der Waals surface area (Å²) >= 11 is 0. The van der Waals surface area contributed by atoms with Gasteiger partial charge in [-0.25, -0.2) is 5.84 Å². The molecule has 0 aliphatic carbocycles. The number of nitrogens with one attached hydrogen (secondary N) is 1. The first-order chi connectivity index (χ1) is 10.2. The number of hydrogen-bond acceptors (Lipinski definition) is 8. The fourth-order valence-corrected chi connectivity index (χ4v) is 1.72. The number of hydrazine groups is 1. The number of ether oxygens (including phenoxy) is 1. The van der Waals surface area contributed by atoms with Gasteiger partial charge in [-0.05, 0) is 19.1 Å². The van der Waals surface area contributed by atoms with Crippen molar-refractivity contribution in [3.63, 3.8) is 0 Å². The lowest BCUT2D eigenvalue weighted by Crippen LogP contribution is -2.18. The smallest absolute Gasteiger partial charge is 0.323 e. The average molecular weight is 285 g/mol. The van der Waals surface area contributed by atoms with Crippen LogP contribution in [0.2, 0.25) is 0 Å². The summed E-state index contributed by atoms with van der Waals surface area (Å²) in [6.45, 7) is 2.25. The lowest BCUT2D eigenvalue weighted by Gasteiger charge is -2.19. The first-order valence-electron chi connectivity index (χ1n) is 6.28. The zero-order chi connectivity index (χ0) is 15.2. The summed E-state index contributed by atoms with van der Waals surface area (Å²) in [6, 6.07) is 9.44. The SMILES string of the molecule is CCOc1nc(NN)nc(N(C)c2ccccc2C#N)n1. The van der Waals surface area contributed by atoms with Crippen LogP contribution in [-0.4, -0.2) is 28.6 Å². The number of nitrogens with two attached hydrogens (primary N) is 1. The standard InChI is InChI=1S/C13H15N7O/c1-3-21-13-17-11(19-15)16-12(18-13)20(2)10-7-5-4-6-9(10)8-14/h4-7H,3,15H2,1-2H3,(H,16,17,18,19). The summed E-state index contributed by atoms with van der Waals surface area (Å²) in [7, 11) is 1.75. The van der Waals surface area contributed by atoms with Crippen LogP contribution >= 0.6 is 0 Å². The van der Waals surface area contributed by atoms with Crippen molar-refractivity contribution in [2.75, 3.05) is 24.0 Å². The number of anilines is 3. The van der Waals surface area contributed by atoms with Crippen molar-refractivity contribution in [3.8, 4) is 12.1 Å². The molecule has 8 nitrogen and oxygen atoms in total. The first-order valence-corrected chi connectivity index (χ1v) is 6.28. The zero-order valence-electron chi connectivity index (χ0n) is 11.7. The predicted octanol–water partition coefficient (Wildman–Crippen LogP) is 1.20. The molecule has 0 bridgehead atoms. The molecule has 0 atom stereocenters. The lowest BCUT2D eigenvalue weighted by atomic mass is 10.2. The molecule has 8 heteroatoms. The monoisotopic (exact) mass is 285 g/mol. The summed E-state index contributed by atoms with van der Waals surface area (Å²) in [4.78, 5) is 14.0. The van der Waals surface area contributed by atoms with Gasteiger partial charge >= 0.3 is 6.01 Å². The van der Waals surface area contributed by atoms with Crippen LogP contribution in [0.5, 0.6) is 6.01 Å². The van der Waals surface area contributed by atoms with Crippen molar-refractivity contribution in [1.29, 1.82) is 5.26 Å². The van der Waals surface area contributed by atoms with Crippen LogP contribution in [0.1, 0.15) is 12.5 Å². The number of nitriles is 1. The maximum atomic E-state index is 9.17. The number of benzene rings is 1. The molecule has 0 amide bonds. The van der Waals surface area contributed by atoms with Crippen LogP contribution in [0, 0.1) is 11.3 Å². The number of rotatable bonds is 5. The summed E-state index contributed by atoms with van der Waals surface area (Å²) in [5.74, 6) is 5.86. The Bertz CT molecular complexity index is 668. The Morgan fingerprint density at radius 1 is 1.33 bits per heavy atom. The topological polar surface area (TPSA) is 113 Å². The van der Waals surface area contributed by atoms with Crippen LogP contribution in [0.15, 0.2) is 24.3 Å². The highest BCUT2D eigenvalue weighted by atomic mass is 16.5. The predicted molar refractivity (Wildman–Crippen MR) is 78.0 cm³/mol. The largest absolute Gasteiger partial charge is 0.464 e. The molecule has 0 aliphatic rings. The van der Waals surface area contributed by atoms with E-state index in [4.69, 9.17) is 15.8 Å². The molecule has 108 valence electrons. The molecule has 1 aromatic heterocycles. The fourth-order valence-electron chi connectivity index (χ4n) is 1.72. The Morgan fingerprint density at radius 3 is 2.76 bits per heavy atom. The van der Waals surface area contributed by atoms with Gasteiger partial charge in [0.1, 0.15) is 6.07 Å². The summed E-state index contributed by atoms with van der Waals surface area (Å²) in [6.07, 6.45) is 0. The van der Waals surface area contributed by atoms with Crippen molar-refractivity contribution >= 4 is 17.6 Å². The van der Waals surface area contributed by atoms with Crippen molar-refractivity contribution in [1.82, 2.24) is 15.0 Å². The van der Waals surface area contributed by atoms with E-state index in [0.717, 1.165) is 0 Å². The van der Waals surface area contributed by atoms with Crippen LogP contribution in [-0.2, 0) is 0 Å². The number of nitrogen functional groups attached to an aromatic ring is 1. The molecule has 1 heterocycles. The number of hydrogen-bond donors (Lipinski definition) is 2. The molecule has 21 heavy (non-hydrogen) atoms. The highest BCUT2D eigenvalue weighted by Gasteiger charge is 2.14. The normalized spacial score (nSPS) is 9.81. The Hall–Kier alpha value is -2.92. The van der Waals surface area contributed by atoms with Gasteiger partial charge < -0.3 is 9.64 Å². The van der Waals surface area contributed by atoms with E-state index >= 15 is 0 Å². The van der Waals surface area contributed by atoms with Gasteiger partial charge in [-0.1, -0.05) is 12.1 Å². The van der Waals surface area contributed by atoms with Gasteiger partial charge in [0.2, 0.25) is 11.9 Å². The number of aromatic nitrogens is 3. The first kappa shape index (κ1) is 14.5. The van der Waals surface area contributed by atoms with Crippen LogP contribution in [0.3, 0.4) is 0 Å². The number of para-hydroxylation sites is 1. The minimum atomic E-state index is 0.164. The molecule has 0 saturated carbocycles. The summed E-state index contributed by atoms with van der Waals surface area (Å²) in [5, 5.41) is 9.17. The zero-order valence-corrected chi connectivity index (χ0v) is 11.7. The van der Waals surface area contributed by atoms with Gasteiger partial charge in [-0.2, -0.15) is 20.2 Å². The van der Waals surface area contributed by atoms with E-state index < -0.39 is 0 Å². The Morgan fingerprint density at radius 2 is 2.10 bits per heavy atom. The Balaban J connectivity index is 2.45. The van der Waals surface area contributed by atoms with Gasteiger partial charge in [0.15, 0.2) is 0 Å². The molecule has 2 aromatic rings.